The van der Waals surface area contributed by atoms with Crippen molar-refractivity contribution in [2.24, 2.45) is 0 Å². The van der Waals surface area contributed by atoms with Crippen LogP contribution in [0.25, 0.3) is 10.9 Å². The molecule has 0 aliphatic carbocycles. The summed E-state index contributed by atoms with van der Waals surface area (Å²) in [6.45, 7) is 4.98. The second-order valence-corrected chi connectivity index (χ2v) is 11.7. The summed E-state index contributed by atoms with van der Waals surface area (Å²) < 4.78 is 17.7. The molecule has 45 heavy (non-hydrogen) atoms. The zero-order valence-electron chi connectivity index (χ0n) is 25.8. The number of methoxy groups -OCH3 is 1. The predicted octanol–water partition coefficient (Wildman–Crippen LogP) is 4.21. The van der Waals surface area contributed by atoms with Crippen LogP contribution >= 0.6 is 0 Å². The van der Waals surface area contributed by atoms with Crippen LogP contribution in [-0.4, -0.2) is 66.6 Å². The summed E-state index contributed by atoms with van der Waals surface area (Å²) in [6.07, 6.45) is 1.01. The summed E-state index contributed by atoms with van der Waals surface area (Å²) in [7, 11) is 1.54. The molecule has 6 heterocycles. The fraction of sp³-hybridized carbons (Fsp3) is 0.343. The number of carbonyl (C=O) groups excluding carboxylic acids is 3. The van der Waals surface area contributed by atoms with E-state index in [1.165, 1.54) is 7.11 Å². The maximum Gasteiger partial charge on any atom is 0.258 e. The molecule has 1 fully saturated rings. The quantitative estimate of drug-likeness (QED) is 0.313. The fourth-order valence-corrected chi connectivity index (χ4v) is 5.96. The number of aryl methyl sites for hydroxylation is 3. The summed E-state index contributed by atoms with van der Waals surface area (Å²) in [5, 5.41) is 7.06. The van der Waals surface area contributed by atoms with Gasteiger partial charge in [0.2, 0.25) is 5.91 Å². The van der Waals surface area contributed by atoms with E-state index in [4.69, 9.17) is 14.2 Å². The molecule has 1 aromatic heterocycles. The summed E-state index contributed by atoms with van der Waals surface area (Å²) in [5.74, 6) is 1.07. The molecule has 4 aromatic rings. The summed E-state index contributed by atoms with van der Waals surface area (Å²) in [6, 6.07) is 18.2. The number of hydrogen-bond donors (Lipinski definition) is 3. The average Bonchev–Trinajstić information content (AvgIpc) is 3.34. The Morgan fingerprint density at radius 1 is 0.956 bits per heavy atom. The number of benzene rings is 3. The van der Waals surface area contributed by atoms with E-state index in [1.54, 1.807) is 11.0 Å². The van der Waals surface area contributed by atoms with Crippen molar-refractivity contribution in [3.63, 3.8) is 0 Å². The first-order chi connectivity index (χ1) is 21.8. The average molecular weight is 611 g/mol. The van der Waals surface area contributed by atoms with Crippen LogP contribution in [0.5, 0.6) is 17.2 Å². The van der Waals surface area contributed by atoms with Crippen molar-refractivity contribution in [3.8, 4) is 17.2 Å². The van der Waals surface area contributed by atoms with Crippen molar-refractivity contribution >= 4 is 28.6 Å². The molecule has 1 saturated heterocycles. The van der Waals surface area contributed by atoms with E-state index in [9.17, 15) is 14.4 Å². The molecular weight excluding hydrogens is 572 g/mol. The molecule has 2 atom stereocenters. The molecule has 10 heteroatoms. The number of fused-ring (bicyclic) bond motifs is 1. The van der Waals surface area contributed by atoms with Crippen molar-refractivity contribution in [2.75, 3.05) is 26.8 Å². The van der Waals surface area contributed by atoms with Gasteiger partial charge in [0.05, 0.1) is 13.2 Å². The number of nitrogens with zero attached hydrogens (tertiary/aromatic N) is 1. The molecule has 5 aliphatic rings. The van der Waals surface area contributed by atoms with Crippen LogP contribution in [-0.2, 0) is 22.6 Å². The topological polar surface area (TPSA) is 122 Å². The highest BCUT2D eigenvalue weighted by atomic mass is 16.5. The molecule has 0 radical (unpaired) electrons. The molecule has 10 nitrogen and oxygen atoms in total. The molecule has 3 amide bonds. The number of piperidine rings is 1. The molecule has 0 spiro atoms. The van der Waals surface area contributed by atoms with E-state index in [1.807, 2.05) is 68.4 Å². The number of rotatable bonds is 2. The van der Waals surface area contributed by atoms with E-state index >= 15 is 0 Å². The van der Waals surface area contributed by atoms with Gasteiger partial charge >= 0.3 is 0 Å². The Balaban J connectivity index is 1.24. The largest absolute Gasteiger partial charge is 0.493 e. The zero-order valence-corrected chi connectivity index (χ0v) is 25.8. The lowest BCUT2D eigenvalue weighted by Crippen LogP contribution is -2.58. The van der Waals surface area contributed by atoms with Crippen LogP contribution in [0.2, 0.25) is 0 Å². The summed E-state index contributed by atoms with van der Waals surface area (Å²) >= 11 is 0. The zero-order chi connectivity index (χ0) is 31.5. The van der Waals surface area contributed by atoms with Crippen LogP contribution in [0.4, 0.5) is 0 Å². The van der Waals surface area contributed by atoms with Gasteiger partial charge < -0.3 is 34.7 Å². The molecule has 9 rings (SSSR count). The van der Waals surface area contributed by atoms with Gasteiger partial charge in [-0.2, -0.15) is 0 Å². The van der Waals surface area contributed by atoms with Gasteiger partial charge in [-0.3, -0.25) is 14.4 Å². The Bertz CT molecular complexity index is 1730. The van der Waals surface area contributed by atoms with Crippen molar-refractivity contribution in [2.45, 2.75) is 51.8 Å². The second-order valence-electron chi connectivity index (χ2n) is 11.7. The molecule has 5 aliphatic heterocycles. The fourth-order valence-electron chi connectivity index (χ4n) is 5.96. The lowest BCUT2D eigenvalue weighted by molar-refractivity contribution is -0.125. The van der Waals surface area contributed by atoms with Crippen LogP contribution in [0.1, 0.15) is 45.6 Å². The number of carbonyl (C=O) groups is 3. The molecule has 3 aromatic carbocycles. The predicted molar refractivity (Wildman–Crippen MR) is 170 cm³/mol. The standard InChI is InChI=1S/C35H38N4O6/c1-21-22(2)37-28-11-8-25(17-27(21)28)35(42)39-15-14-30-29(19-39)38-34(41)20-44-31-12-6-23(16-32(31)43-3)7-13-33(40)36-18-24-4-9-26(45-30)10-5-24/h4-6,8-12,16-17,29-30,37H,7,13-15,18-20H2,1-3H3,(H,36,40)(H,38,41)/t29-,30-/m1/s1. The van der Waals surface area contributed by atoms with E-state index < -0.39 is 6.04 Å². The first kappa shape index (κ1) is 30.1. The number of aromatic nitrogens is 1. The highest BCUT2D eigenvalue weighted by Gasteiger charge is 2.35. The van der Waals surface area contributed by atoms with E-state index in [0.717, 1.165) is 33.3 Å². The third-order valence-electron chi connectivity index (χ3n) is 8.67. The molecule has 234 valence electrons. The number of likely N-dealkylation sites (tertiary alicyclic amines) is 1. The highest BCUT2D eigenvalue weighted by molar-refractivity contribution is 5.99. The Morgan fingerprint density at radius 2 is 1.76 bits per heavy atom. The van der Waals surface area contributed by atoms with E-state index in [-0.39, 0.29) is 37.0 Å². The Hall–Kier alpha value is -4.99. The minimum atomic E-state index is -0.479. The molecule has 3 N–H and O–H groups in total. The number of hydrogen-bond acceptors (Lipinski definition) is 6. The Kier molecular flexibility index (Phi) is 8.64. The summed E-state index contributed by atoms with van der Waals surface area (Å²) in [4.78, 5) is 44.6. The van der Waals surface area contributed by atoms with Gasteiger partial charge in [-0.25, -0.2) is 0 Å². The number of H-pyrrole nitrogens is 1. The van der Waals surface area contributed by atoms with Crippen LogP contribution in [0, 0.1) is 13.8 Å². The normalized spacial score (nSPS) is 19.2. The summed E-state index contributed by atoms with van der Waals surface area (Å²) in [5.41, 5.74) is 5.66. The minimum absolute atomic E-state index is 0.0527. The van der Waals surface area contributed by atoms with Gasteiger partial charge in [0, 0.05) is 54.6 Å². The van der Waals surface area contributed by atoms with Gasteiger partial charge in [0.25, 0.3) is 11.8 Å². The molecule has 4 bridgehead atoms. The Labute approximate surface area is 262 Å². The maximum atomic E-state index is 13.7. The van der Waals surface area contributed by atoms with Gasteiger partial charge in [-0.15, -0.1) is 0 Å². The SMILES string of the molecule is COc1cc2ccc1OCC(=O)N[C@@H]1CN(C(=O)c3ccc4[nH]c(C)c(C)c4c3)CC[C@H]1Oc1ccc(cc1)CNC(=O)CC2. The van der Waals surface area contributed by atoms with Crippen molar-refractivity contribution in [1.29, 1.82) is 0 Å². The van der Waals surface area contributed by atoms with Crippen LogP contribution in [0.3, 0.4) is 0 Å². The molecular formula is C35H38N4O6. The van der Waals surface area contributed by atoms with Gasteiger partial charge in [-0.1, -0.05) is 18.2 Å². The maximum absolute atomic E-state index is 13.7. The lowest BCUT2D eigenvalue weighted by Gasteiger charge is -2.39. The third kappa shape index (κ3) is 6.74. The molecule has 0 unspecified atom stereocenters. The van der Waals surface area contributed by atoms with Crippen molar-refractivity contribution < 1.29 is 28.6 Å². The van der Waals surface area contributed by atoms with Crippen molar-refractivity contribution in [3.05, 3.63) is 88.6 Å². The Morgan fingerprint density at radius 3 is 2.56 bits per heavy atom. The number of amides is 3. The van der Waals surface area contributed by atoms with Gasteiger partial charge in [-0.05, 0) is 79.4 Å². The molecule has 0 saturated carbocycles. The number of aromatic amines is 1. The van der Waals surface area contributed by atoms with Crippen molar-refractivity contribution in [1.82, 2.24) is 20.5 Å². The highest BCUT2D eigenvalue weighted by Crippen LogP contribution is 2.29. The van der Waals surface area contributed by atoms with E-state index in [2.05, 4.69) is 15.6 Å². The van der Waals surface area contributed by atoms with Gasteiger partial charge in [0.1, 0.15) is 11.9 Å². The minimum Gasteiger partial charge on any atom is -0.493 e. The van der Waals surface area contributed by atoms with Gasteiger partial charge in [0.15, 0.2) is 18.1 Å². The second kappa shape index (κ2) is 12.9. The van der Waals surface area contributed by atoms with Crippen LogP contribution in [0.15, 0.2) is 60.7 Å². The third-order valence-corrected chi connectivity index (χ3v) is 8.67. The monoisotopic (exact) mass is 610 g/mol. The first-order valence-corrected chi connectivity index (χ1v) is 15.3. The van der Waals surface area contributed by atoms with Crippen LogP contribution < -0.4 is 24.8 Å². The smallest absolute Gasteiger partial charge is 0.258 e. The number of ether oxygens (including phenoxy) is 3. The first-order valence-electron chi connectivity index (χ1n) is 15.3. The number of nitrogens with one attached hydrogen (secondary N) is 3. The lowest BCUT2D eigenvalue weighted by atomic mass is 10.00. The van der Waals surface area contributed by atoms with E-state index in [0.29, 0.717) is 55.2 Å².